The lowest BCUT2D eigenvalue weighted by Gasteiger charge is -2.24. The molecule has 0 aromatic heterocycles. The molecule has 0 amide bonds. The highest BCUT2D eigenvalue weighted by molar-refractivity contribution is 6.30. The average Bonchev–Trinajstić information content (AvgIpc) is 3.09. The maximum Gasteiger partial charge on any atom is 0.165 e. The van der Waals surface area contributed by atoms with E-state index in [4.69, 9.17) is 11.6 Å². The number of phenols is 3. The van der Waals surface area contributed by atoms with Crippen molar-refractivity contribution in [2.75, 3.05) is 5.01 Å². The molecule has 0 saturated carbocycles. The van der Waals surface area contributed by atoms with E-state index in [1.165, 1.54) is 24.3 Å². The van der Waals surface area contributed by atoms with Gasteiger partial charge in [-0.1, -0.05) is 23.7 Å². The minimum absolute atomic E-state index is 0.0521. The van der Waals surface area contributed by atoms with Gasteiger partial charge in [0.15, 0.2) is 11.6 Å². The fourth-order valence-electron chi connectivity index (χ4n) is 3.28. The van der Waals surface area contributed by atoms with Gasteiger partial charge in [-0.15, -0.1) is 0 Å². The van der Waals surface area contributed by atoms with Gasteiger partial charge in [0.25, 0.3) is 0 Å². The number of phenolic OH excluding ortho intramolecular Hbond substituents is 3. The van der Waals surface area contributed by atoms with Crippen molar-refractivity contribution in [2.45, 2.75) is 12.5 Å². The third-order valence-electron chi connectivity index (χ3n) is 4.63. The zero-order valence-corrected chi connectivity index (χ0v) is 15.3. The Labute approximate surface area is 165 Å². The molecule has 1 heterocycles. The van der Waals surface area contributed by atoms with Crippen molar-refractivity contribution >= 4 is 23.0 Å². The SMILES string of the molecule is Oc1ccc(C2=NN(c3cccc(Cl)c3)C(c3ccc(O)c(F)c3)C2)c(O)c1. The van der Waals surface area contributed by atoms with E-state index in [9.17, 15) is 19.7 Å². The summed E-state index contributed by atoms with van der Waals surface area (Å²) in [6.07, 6.45) is 0.384. The number of hydrogen-bond acceptors (Lipinski definition) is 5. The Bertz CT molecular complexity index is 1090. The quantitative estimate of drug-likeness (QED) is 0.583. The number of benzene rings is 3. The molecule has 142 valence electrons. The van der Waals surface area contributed by atoms with Gasteiger partial charge >= 0.3 is 0 Å². The summed E-state index contributed by atoms with van der Waals surface area (Å²) < 4.78 is 14.0. The van der Waals surface area contributed by atoms with E-state index in [-0.39, 0.29) is 17.5 Å². The molecule has 0 fully saturated rings. The summed E-state index contributed by atoms with van der Waals surface area (Å²) in [6.45, 7) is 0. The average molecular weight is 399 g/mol. The summed E-state index contributed by atoms with van der Waals surface area (Å²) in [5.74, 6) is -1.29. The number of hydrazone groups is 1. The molecule has 7 heteroatoms. The molecule has 3 N–H and O–H groups in total. The molecule has 3 aromatic rings. The van der Waals surface area contributed by atoms with Crippen molar-refractivity contribution in [3.63, 3.8) is 0 Å². The first-order chi connectivity index (χ1) is 13.4. The van der Waals surface area contributed by atoms with Gasteiger partial charge in [0.1, 0.15) is 11.5 Å². The van der Waals surface area contributed by atoms with Gasteiger partial charge in [0, 0.05) is 23.1 Å². The molecule has 3 aromatic carbocycles. The molecular weight excluding hydrogens is 383 g/mol. The maximum atomic E-state index is 14.0. The minimum atomic E-state index is -0.718. The number of anilines is 1. The molecule has 0 bridgehead atoms. The molecule has 0 aliphatic carbocycles. The lowest BCUT2D eigenvalue weighted by atomic mass is 9.97. The Hall–Kier alpha value is -3.25. The molecule has 0 radical (unpaired) electrons. The molecule has 1 unspecified atom stereocenters. The normalized spacial score (nSPS) is 16.3. The molecule has 1 atom stereocenters. The van der Waals surface area contributed by atoms with Crippen LogP contribution in [0.4, 0.5) is 10.1 Å². The minimum Gasteiger partial charge on any atom is -0.508 e. The van der Waals surface area contributed by atoms with Crippen LogP contribution >= 0.6 is 11.6 Å². The smallest absolute Gasteiger partial charge is 0.165 e. The van der Waals surface area contributed by atoms with Crippen LogP contribution < -0.4 is 5.01 Å². The largest absolute Gasteiger partial charge is 0.508 e. The van der Waals surface area contributed by atoms with Gasteiger partial charge in [-0.25, -0.2) is 4.39 Å². The first-order valence-corrected chi connectivity index (χ1v) is 8.93. The molecule has 1 aliphatic rings. The van der Waals surface area contributed by atoms with Crippen LogP contribution in [-0.2, 0) is 0 Å². The van der Waals surface area contributed by atoms with Crippen LogP contribution in [0.3, 0.4) is 0 Å². The van der Waals surface area contributed by atoms with Gasteiger partial charge in [0.05, 0.1) is 17.4 Å². The van der Waals surface area contributed by atoms with E-state index in [1.54, 1.807) is 35.3 Å². The molecule has 0 spiro atoms. The second-order valence-corrected chi connectivity index (χ2v) is 6.94. The summed E-state index contributed by atoms with van der Waals surface area (Å²) in [5, 5.41) is 36.1. The van der Waals surface area contributed by atoms with Crippen LogP contribution in [0.2, 0.25) is 5.02 Å². The highest BCUT2D eigenvalue weighted by Gasteiger charge is 2.31. The summed E-state index contributed by atoms with van der Waals surface area (Å²) in [6, 6.07) is 15.2. The lowest BCUT2D eigenvalue weighted by molar-refractivity contribution is 0.431. The highest BCUT2D eigenvalue weighted by atomic mass is 35.5. The van der Waals surface area contributed by atoms with Gasteiger partial charge in [-0.3, -0.25) is 5.01 Å². The van der Waals surface area contributed by atoms with Crippen LogP contribution in [0.5, 0.6) is 17.2 Å². The molecule has 4 rings (SSSR count). The number of halogens is 2. The Kier molecular flexibility index (Phi) is 4.57. The first-order valence-electron chi connectivity index (χ1n) is 8.55. The van der Waals surface area contributed by atoms with Gasteiger partial charge in [-0.2, -0.15) is 5.10 Å². The second kappa shape index (κ2) is 7.05. The fraction of sp³-hybridized carbons (Fsp3) is 0.0952. The van der Waals surface area contributed by atoms with Crippen molar-refractivity contribution in [3.05, 3.63) is 82.6 Å². The number of rotatable bonds is 3. The third kappa shape index (κ3) is 3.34. The third-order valence-corrected chi connectivity index (χ3v) is 4.87. The second-order valence-electron chi connectivity index (χ2n) is 6.50. The molecular formula is C21H16ClFN2O3. The van der Waals surface area contributed by atoms with Crippen LogP contribution in [0.15, 0.2) is 65.8 Å². The number of aromatic hydroxyl groups is 3. The topological polar surface area (TPSA) is 76.3 Å². The number of hydrogen-bond donors (Lipinski definition) is 3. The summed E-state index contributed by atoms with van der Waals surface area (Å²) >= 11 is 6.12. The van der Waals surface area contributed by atoms with Crippen LogP contribution in [0.25, 0.3) is 0 Å². The number of nitrogens with zero attached hydrogens (tertiary/aromatic N) is 2. The van der Waals surface area contributed by atoms with Crippen LogP contribution in [0, 0.1) is 5.82 Å². The predicted octanol–water partition coefficient (Wildman–Crippen LogP) is 4.95. The van der Waals surface area contributed by atoms with E-state index in [2.05, 4.69) is 5.10 Å². The summed E-state index contributed by atoms with van der Waals surface area (Å²) in [5.41, 5.74) is 2.38. The van der Waals surface area contributed by atoms with E-state index in [1.807, 2.05) is 6.07 Å². The van der Waals surface area contributed by atoms with Crippen molar-refractivity contribution in [1.82, 2.24) is 0 Å². The Morgan fingerprint density at radius 1 is 0.964 bits per heavy atom. The first kappa shape index (κ1) is 18.1. The monoisotopic (exact) mass is 398 g/mol. The molecule has 0 saturated heterocycles. The highest BCUT2D eigenvalue weighted by Crippen LogP contribution is 2.39. The fourth-order valence-corrected chi connectivity index (χ4v) is 3.47. The summed E-state index contributed by atoms with van der Waals surface area (Å²) in [4.78, 5) is 0. The van der Waals surface area contributed by atoms with E-state index >= 15 is 0 Å². The van der Waals surface area contributed by atoms with Gasteiger partial charge < -0.3 is 15.3 Å². The van der Waals surface area contributed by atoms with E-state index in [0.29, 0.717) is 34.0 Å². The van der Waals surface area contributed by atoms with Crippen molar-refractivity contribution in [2.24, 2.45) is 5.10 Å². The van der Waals surface area contributed by atoms with Crippen molar-refractivity contribution in [3.8, 4) is 17.2 Å². The Morgan fingerprint density at radius 3 is 2.50 bits per heavy atom. The van der Waals surface area contributed by atoms with Crippen molar-refractivity contribution < 1.29 is 19.7 Å². The van der Waals surface area contributed by atoms with Crippen LogP contribution in [-0.4, -0.2) is 21.0 Å². The zero-order valence-electron chi connectivity index (χ0n) is 14.5. The molecule has 1 aliphatic heterocycles. The molecule has 5 nitrogen and oxygen atoms in total. The van der Waals surface area contributed by atoms with E-state index in [0.717, 1.165) is 0 Å². The predicted molar refractivity (Wildman–Crippen MR) is 106 cm³/mol. The Morgan fingerprint density at radius 2 is 1.79 bits per heavy atom. The lowest BCUT2D eigenvalue weighted by Crippen LogP contribution is -2.18. The molecule has 28 heavy (non-hydrogen) atoms. The summed E-state index contributed by atoms with van der Waals surface area (Å²) in [7, 11) is 0. The van der Waals surface area contributed by atoms with E-state index < -0.39 is 11.6 Å². The zero-order chi connectivity index (χ0) is 19.8. The van der Waals surface area contributed by atoms with Crippen molar-refractivity contribution in [1.29, 1.82) is 0 Å². The standard InChI is InChI=1S/C21H16ClFN2O3/c22-13-2-1-3-14(9-13)25-19(12-4-7-20(27)17(23)8-12)11-18(24-25)16-6-5-15(26)10-21(16)28/h1-10,19,26-28H,11H2. The van der Waals surface area contributed by atoms with Gasteiger partial charge in [-0.05, 0) is 48.0 Å². The Balaban J connectivity index is 1.80. The van der Waals surface area contributed by atoms with Crippen LogP contribution in [0.1, 0.15) is 23.6 Å². The van der Waals surface area contributed by atoms with Gasteiger partial charge in [0.2, 0.25) is 0 Å². The maximum absolute atomic E-state index is 14.0.